The number of hydrogen-bond acceptors (Lipinski definition) is 5. The number of aromatic nitrogens is 3. The van der Waals surface area contributed by atoms with Crippen LogP contribution in [0.25, 0.3) is 11.0 Å². The normalized spacial score (nSPS) is 20.3. The predicted molar refractivity (Wildman–Crippen MR) is 111 cm³/mol. The summed E-state index contributed by atoms with van der Waals surface area (Å²) >= 11 is 0. The van der Waals surface area contributed by atoms with Crippen molar-refractivity contribution in [2.75, 3.05) is 16.8 Å². The first-order chi connectivity index (χ1) is 14.7. The first-order valence-electron chi connectivity index (χ1n) is 10.1. The molecule has 2 aromatic heterocycles. The fourth-order valence-corrected chi connectivity index (χ4v) is 5.80. The van der Waals surface area contributed by atoms with E-state index in [0.29, 0.717) is 23.1 Å². The molecular weight excluding hydrogens is 426 g/mol. The molecule has 31 heavy (non-hydrogen) atoms. The second kappa shape index (κ2) is 7.08. The average molecular weight is 446 g/mol. The maximum Gasteiger partial charge on any atom is 0.256 e. The van der Waals surface area contributed by atoms with E-state index >= 15 is 0 Å². The van der Waals surface area contributed by atoms with Gasteiger partial charge in [0.1, 0.15) is 11.6 Å². The van der Waals surface area contributed by atoms with Gasteiger partial charge in [-0.1, -0.05) is 0 Å². The lowest BCUT2D eigenvalue weighted by atomic mass is 10.1. The van der Waals surface area contributed by atoms with Crippen LogP contribution in [0.15, 0.2) is 24.3 Å². The van der Waals surface area contributed by atoms with Gasteiger partial charge in [0.2, 0.25) is 0 Å². The smallest absolute Gasteiger partial charge is 0.256 e. The van der Waals surface area contributed by atoms with Crippen LogP contribution in [0.1, 0.15) is 53.0 Å². The number of nitrogens with one attached hydrogen (secondary N) is 1. The molecule has 162 valence electrons. The third-order valence-corrected chi connectivity index (χ3v) is 7.58. The topological polar surface area (TPSA) is 93.9 Å². The molecule has 10 heteroatoms. The van der Waals surface area contributed by atoms with E-state index in [2.05, 4.69) is 10.4 Å². The Morgan fingerprint density at radius 2 is 1.97 bits per heavy atom. The van der Waals surface area contributed by atoms with Gasteiger partial charge >= 0.3 is 0 Å². The van der Waals surface area contributed by atoms with Crippen LogP contribution in [0.4, 0.5) is 14.5 Å². The van der Waals surface area contributed by atoms with Gasteiger partial charge in [0, 0.05) is 17.7 Å². The number of hydrogen-bond donors (Lipinski definition) is 1. The quantitative estimate of drug-likeness (QED) is 0.662. The summed E-state index contributed by atoms with van der Waals surface area (Å²) in [6.07, 6.45) is 2.33. The second-order valence-corrected chi connectivity index (χ2v) is 10.5. The minimum atomic E-state index is -3.14. The van der Waals surface area contributed by atoms with E-state index in [1.54, 1.807) is 17.7 Å². The number of sulfone groups is 1. The lowest BCUT2D eigenvalue weighted by Crippen LogP contribution is -2.16. The Labute approximate surface area is 177 Å². The number of pyridine rings is 1. The average Bonchev–Trinajstić information content (AvgIpc) is 3.43. The summed E-state index contributed by atoms with van der Waals surface area (Å²) in [5.74, 6) is -1.72. The van der Waals surface area contributed by atoms with Gasteiger partial charge in [-0.05, 0) is 44.4 Å². The summed E-state index contributed by atoms with van der Waals surface area (Å²) in [6.45, 7) is 1.72. The van der Waals surface area contributed by atoms with Crippen LogP contribution in [-0.4, -0.2) is 40.6 Å². The number of fused-ring (bicyclic) bond motifs is 1. The van der Waals surface area contributed by atoms with Gasteiger partial charge in [0.05, 0.1) is 39.9 Å². The molecule has 3 heterocycles. The van der Waals surface area contributed by atoms with Crippen LogP contribution in [0.3, 0.4) is 0 Å². The number of aryl methyl sites for hydroxylation is 1. The van der Waals surface area contributed by atoms with E-state index in [-0.39, 0.29) is 34.7 Å². The Kier molecular flexibility index (Phi) is 4.58. The Morgan fingerprint density at radius 3 is 2.65 bits per heavy atom. The lowest BCUT2D eigenvalue weighted by molar-refractivity contribution is 0.102. The Bertz CT molecular complexity index is 1330. The van der Waals surface area contributed by atoms with Crippen molar-refractivity contribution in [2.45, 2.75) is 38.1 Å². The molecule has 1 amide bonds. The number of carbonyl (C=O) groups excluding carboxylic acids is 1. The summed E-state index contributed by atoms with van der Waals surface area (Å²) in [7, 11) is -3.14. The maximum absolute atomic E-state index is 14.1. The van der Waals surface area contributed by atoms with Crippen molar-refractivity contribution in [3.05, 3.63) is 52.9 Å². The molecule has 0 bridgehead atoms. The van der Waals surface area contributed by atoms with Gasteiger partial charge in [-0.3, -0.25) is 4.79 Å². The summed E-state index contributed by atoms with van der Waals surface area (Å²) < 4.78 is 53.2. The highest BCUT2D eigenvalue weighted by molar-refractivity contribution is 7.91. The fourth-order valence-electron chi connectivity index (χ4n) is 4.11. The van der Waals surface area contributed by atoms with Crippen molar-refractivity contribution >= 4 is 32.5 Å². The van der Waals surface area contributed by atoms with E-state index in [4.69, 9.17) is 4.98 Å². The largest absolute Gasteiger partial charge is 0.319 e. The zero-order valence-electron chi connectivity index (χ0n) is 16.7. The third kappa shape index (κ3) is 3.69. The van der Waals surface area contributed by atoms with Crippen molar-refractivity contribution in [2.24, 2.45) is 0 Å². The fraction of sp³-hybridized carbons (Fsp3) is 0.381. The molecule has 0 radical (unpaired) electrons. The first-order valence-corrected chi connectivity index (χ1v) is 11.9. The van der Waals surface area contributed by atoms with E-state index in [9.17, 15) is 22.0 Å². The molecule has 3 aromatic rings. The molecule has 7 nitrogen and oxygen atoms in total. The van der Waals surface area contributed by atoms with Gasteiger partial charge in [-0.15, -0.1) is 0 Å². The number of rotatable bonds is 4. The molecule has 1 unspecified atom stereocenters. The molecule has 1 N–H and O–H groups in total. The van der Waals surface area contributed by atoms with E-state index < -0.39 is 27.4 Å². The Morgan fingerprint density at radius 1 is 1.19 bits per heavy atom. The van der Waals surface area contributed by atoms with E-state index in [1.807, 2.05) is 0 Å². The molecule has 1 saturated carbocycles. The van der Waals surface area contributed by atoms with Crippen molar-refractivity contribution in [3.8, 4) is 0 Å². The number of nitrogens with zero attached hydrogens (tertiary/aromatic N) is 3. The lowest BCUT2D eigenvalue weighted by Gasteiger charge is -2.12. The maximum atomic E-state index is 14.1. The zero-order chi connectivity index (χ0) is 21.9. The Hall–Kier alpha value is -2.88. The number of halogens is 2. The monoisotopic (exact) mass is 446 g/mol. The van der Waals surface area contributed by atoms with Crippen LogP contribution in [0, 0.1) is 18.6 Å². The van der Waals surface area contributed by atoms with E-state index in [0.717, 1.165) is 36.7 Å². The predicted octanol–water partition coefficient (Wildman–Crippen LogP) is 3.51. The standard InChI is InChI=1S/C21H20F2N4O3S/c1-11-19-15(21(28)25-18-8-13(22)4-5-16(18)23)9-17(12-2-3-12)24-20(19)27(26-11)14-6-7-31(29,30)10-14/h4-5,8-9,12,14H,2-3,6-7,10H2,1H3,(H,25,28). The molecule has 0 spiro atoms. The van der Waals surface area contributed by atoms with Crippen molar-refractivity contribution < 1.29 is 22.0 Å². The highest BCUT2D eigenvalue weighted by Crippen LogP contribution is 2.41. The molecule has 1 aliphatic heterocycles. The molecule has 1 aliphatic carbocycles. The van der Waals surface area contributed by atoms with Crippen molar-refractivity contribution in [1.82, 2.24) is 14.8 Å². The summed E-state index contributed by atoms with van der Waals surface area (Å²) in [5.41, 5.74) is 1.71. The highest BCUT2D eigenvalue weighted by Gasteiger charge is 2.34. The minimum absolute atomic E-state index is 0.0193. The summed E-state index contributed by atoms with van der Waals surface area (Å²) in [5, 5.41) is 7.45. The van der Waals surface area contributed by atoms with Crippen LogP contribution in [0.5, 0.6) is 0 Å². The van der Waals surface area contributed by atoms with Gasteiger partial charge < -0.3 is 5.32 Å². The molecule has 1 aromatic carbocycles. The van der Waals surface area contributed by atoms with Crippen LogP contribution in [-0.2, 0) is 9.84 Å². The molecular formula is C21H20F2N4O3S. The van der Waals surface area contributed by atoms with Gasteiger partial charge in [-0.2, -0.15) is 5.10 Å². The van der Waals surface area contributed by atoms with Crippen LogP contribution < -0.4 is 5.32 Å². The van der Waals surface area contributed by atoms with Crippen LogP contribution in [0.2, 0.25) is 0 Å². The minimum Gasteiger partial charge on any atom is -0.319 e. The summed E-state index contributed by atoms with van der Waals surface area (Å²) in [4.78, 5) is 17.8. The van der Waals surface area contributed by atoms with Crippen molar-refractivity contribution in [3.63, 3.8) is 0 Å². The molecule has 1 atom stereocenters. The number of carbonyl (C=O) groups is 1. The van der Waals surface area contributed by atoms with E-state index in [1.165, 1.54) is 0 Å². The van der Waals surface area contributed by atoms with Crippen molar-refractivity contribution in [1.29, 1.82) is 0 Å². The number of anilines is 1. The Balaban J connectivity index is 1.62. The molecule has 1 saturated heterocycles. The SMILES string of the molecule is Cc1nn(C2CCS(=O)(=O)C2)c2nc(C3CC3)cc(C(=O)Nc3cc(F)ccc3F)c12. The first kappa shape index (κ1) is 20.0. The van der Waals surface area contributed by atoms with Gasteiger partial charge in [0.25, 0.3) is 5.91 Å². The summed E-state index contributed by atoms with van der Waals surface area (Å²) in [6, 6.07) is 4.18. The number of amides is 1. The van der Waals surface area contributed by atoms with Gasteiger partial charge in [-0.25, -0.2) is 26.9 Å². The number of benzene rings is 1. The van der Waals surface area contributed by atoms with Crippen LogP contribution >= 0.6 is 0 Å². The molecule has 5 rings (SSSR count). The van der Waals surface area contributed by atoms with Gasteiger partial charge in [0.15, 0.2) is 15.5 Å². The second-order valence-electron chi connectivity index (χ2n) is 8.23. The molecule has 2 aliphatic rings. The zero-order valence-corrected chi connectivity index (χ0v) is 17.5. The third-order valence-electron chi connectivity index (χ3n) is 5.83. The molecule has 2 fully saturated rings. The highest BCUT2D eigenvalue weighted by atomic mass is 32.2.